The van der Waals surface area contributed by atoms with Crippen molar-refractivity contribution in [1.29, 1.82) is 5.26 Å². The van der Waals surface area contributed by atoms with Gasteiger partial charge in [-0.15, -0.1) is 0 Å². The van der Waals surface area contributed by atoms with Crippen molar-refractivity contribution in [3.8, 4) is 6.07 Å². The van der Waals surface area contributed by atoms with E-state index in [1.807, 2.05) is 6.08 Å². The largest absolute Gasteiger partial charge is 0.371 e. The predicted octanol–water partition coefficient (Wildman–Crippen LogP) is 3.61. The van der Waals surface area contributed by atoms with E-state index in [1.165, 1.54) is 12.1 Å². The summed E-state index contributed by atoms with van der Waals surface area (Å²) in [4.78, 5) is 2.47. The summed E-state index contributed by atoms with van der Waals surface area (Å²) in [7, 11) is 0. The molecule has 0 saturated carbocycles. The zero-order chi connectivity index (χ0) is 16.4. The second-order valence-corrected chi connectivity index (χ2v) is 7.63. The van der Waals surface area contributed by atoms with Gasteiger partial charge in [0.2, 0.25) is 0 Å². The van der Waals surface area contributed by atoms with Crippen molar-refractivity contribution in [2.45, 2.75) is 58.8 Å². The van der Waals surface area contributed by atoms with E-state index < -0.39 is 0 Å². The normalized spacial score (nSPS) is 34.0. The molecule has 2 heterocycles. The van der Waals surface area contributed by atoms with Crippen molar-refractivity contribution >= 4 is 0 Å². The van der Waals surface area contributed by atoms with Crippen LogP contribution >= 0.6 is 0 Å². The average molecular weight is 316 g/mol. The maximum absolute atomic E-state index is 9.28. The topological polar surface area (TPSA) is 45.5 Å². The van der Waals surface area contributed by atoms with E-state index >= 15 is 0 Å². The van der Waals surface area contributed by atoms with Gasteiger partial charge in [-0.2, -0.15) is 5.26 Å². The number of nitrogens with zero attached hydrogens (tertiary/aromatic N) is 2. The third kappa shape index (κ3) is 3.32. The molecular formula is C19H28N2O2. The van der Waals surface area contributed by atoms with Gasteiger partial charge in [0.25, 0.3) is 0 Å². The van der Waals surface area contributed by atoms with Crippen LogP contribution in [0.25, 0.3) is 0 Å². The quantitative estimate of drug-likeness (QED) is 0.795. The molecule has 3 unspecified atom stereocenters. The molecule has 3 rings (SSSR count). The smallest absolute Gasteiger partial charge is 0.157 e. The summed E-state index contributed by atoms with van der Waals surface area (Å²) < 4.78 is 11.9. The van der Waals surface area contributed by atoms with Gasteiger partial charge in [-0.3, -0.25) is 0 Å². The van der Waals surface area contributed by atoms with Gasteiger partial charge in [-0.05, 0) is 51.7 Å². The Labute approximate surface area is 139 Å². The van der Waals surface area contributed by atoms with Crippen LogP contribution in [-0.4, -0.2) is 37.0 Å². The summed E-state index contributed by atoms with van der Waals surface area (Å²) in [6.07, 6.45) is 8.25. The van der Waals surface area contributed by atoms with E-state index in [1.54, 1.807) is 0 Å². The molecule has 0 radical (unpaired) electrons. The van der Waals surface area contributed by atoms with Crippen molar-refractivity contribution in [2.75, 3.05) is 19.8 Å². The Morgan fingerprint density at radius 2 is 2.26 bits per heavy atom. The fourth-order valence-corrected chi connectivity index (χ4v) is 4.02. The molecule has 0 aromatic carbocycles. The van der Waals surface area contributed by atoms with Crippen LogP contribution in [0.15, 0.2) is 23.4 Å². The van der Waals surface area contributed by atoms with Crippen molar-refractivity contribution < 1.29 is 9.47 Å². The van der Waals surface area contributed by atoms with Gasteiger partial charge < -0.3 is 14.4 Å². The molecule has 2 saturated heterocycles. The van der Waals surface area contributed by atoms with Gasteiger partial charge in [0.05, 0.1) is 12.7 Å². The number of fused-ring (bicyclic) bond motifs is 1. The zero-order valence-corrected chi connectivity index (χ0v) is 14.5. The molecule has 126 valence electrons. The van der Waals surface area contributed by atoms with Crippen LogP contribution in [0.2, 0.25) is 0 Å². The summed E-state index contributed by atoms with van der Waals surface area (Å²) in [6.45, 7) is 9.27. The van der Waals surface area contributed by atoms with Crippen LogP contribution in [-0.2, 0) is 9.47 Å². The van der Waals surface area contributed by atoms with Gasteiger partial charge in [0.15, 0.2) is 6.29 Å². The van der Waals surface area contributed by atoms with Gasteiger partial charge in [0, 0.05) is 41.8 Å². The molecule has 0 N–H and O–H groups in total. The fraction of sp³-hybridized carbons (Fsp3) is 0.737. The summed E-state index contributed by atoms with van der Waals surface area (Å²) >= 11 is 0. The highest BCUT2D eigenvalue weighted by atomic mass is 16.7. The lowest BCUT2D eigenvalue weighted by Crippen LogP contribution is -2.36. The minimum atomic E-state index is -0.0457. The molecule has 0 spiro atoms. The molecule has 3 aliphatic rings. The molecule has 0 aromatic rings. The molecule has 23 heavy (non-hydrogen) atoms. The van der Waals surface area contributed by atoms with Crippen LogP contribution < -0.4 is 0 Å². The second-order valence-electron chi connectivity index (χ2n) is 7.63. The minimum absolute atomic E-state index is 0.0350. The Morgan fingerprint density at radius 1 is 1.43 bits per heavy atom. The van der Waals surface area contributed by atoms with E-state index in [-0.39, 0.29) is 11.7 Å². The number of allylic oxidation sites excluding steroid dienone is 4. The number of rotatable bonds is 4. The van der Waals surface area contributed by atoms with Gasteiger partial charge in [0.1, 0.15) is 0 Å². The first-order valence-corrected chi connectivity index (χ1v) is 8.84. The van der Waals surface area contributed by atoms with Gasteiger partial charge >= 0.3 is 0 Å². The van der Waals surface area contributed by atoms with Crippen LogP contribution in [0.4, 0.5) is 0 Å². The van der Waals surface area contributed by atoms with Gasteiger partial charge in [-0.1, -0.05) is 6.92 Å². The molecule has 2 aliphatic heterocycles. The molecule has 0 bridgehead atoms. The Hall–Kier alpha value is -1.31. The van der Waals surface area contributed by atoms with Crippen LogP contribution in [0.5, 0.6) is 0 Å². The Bertz CT molecular complexity index is 540. The number of nitriles is 1. The highest BCUT2D eigenvalue weighted by Gasteiger charge is 2.48. The van der Waals surface area contributed by atoms with Crippen LogP contribution in [0.1, 0.15) is 46.5 Å². The lowest BCUT2D eigenvalue weighted by atomic mass is 9.74. The SMILES string of the molecule is CC(C)N1CC(C)(COC2CCCCO2)C2CC(C#N)=CC=C21. The maximum Gasteiger partial charge on any atom is 0.157 e. The molecule has 3 atom stereocenters. The summed E-state index contributed by atoms with van der Waals surface area (Å²) in [5.41, 5.74) is 2.28. The van der Waals surface area contributed by atoms with Gasteiger partial charge in [-0.25, -0.2) is 0 Å². The fourth-order valence-electron chi connectivity index (χ4n) is 4.02. The number of likely N-dealkylation sites (tertiary alicyclic amines) is 1. The average Bonchev–Trinajstić information content (AvgIpc) is 2.87. The summed E-state index contributed by atoms with van der Waals surface area (Å²) in [5.74, 6) is 0.369. The molecule has 1 aliphatic carbocycles. The maximum atomic E-state index is 9.28. The molecular weight excluding hydrogens is 288 g/mol. The van der Waals surface area contributed by atoms with E-state index in [0.29, 0.717) is 18.6 Å². The van der Waals surface area contributed by atoms with Crippen LogP contribution in [0, 0.1) is 22.7 Å². The minimum Gasteiger partial charge on any atom is -0.371 e. The molecule has 4 heteroatoms. The number of hydrogen-bond acceptors (Lipinski definition) is 4. The van der Waals surface area contributed by atoms with E-state index in [4.69, 9.17) is 9.47 Å². The van der Waals surface area contributed by atoms with Crippen molar-refractivity contribution in [3.63, 3.8) is 0 Å². The van der Waals surface area contributed by atoms with E-state index in [0.717, 1.165) is 38.0 Å². The highest BCUT2D eigenvalue weighted by molar-refractivity contribution is 5.37. The Kier molecular flexibility index (Phi) is 4.79. The molecule has 0 aromatic heterocycles. The Morgan fingerprint density at radius 3 is 2.91 bits per heavy atom. The van der Waals surface area contributed by atoms with Crippen molar-refractivity contribution in [2.24, 2.45) is 11.3 Å². The highest BCUT2D eigenvalue weighted by Crippen LogP contribution is 2.48. The predicted molar refractivity (Wildman–Crippen MR) is 89.4 cm³/mol. The first kappa shape index (κ1) is 16.5. The monoisotopic (exact) mass is 316 g/mol. The number of hydrogen-bond donors (Lipinski definition) is 0. The first-order valence-electron chi connectivity index (χ1n) is 8.84. The molecule has 0 amide bonds. The van der Waals surface area contributed by atoms with E-state index in [9.17, 15) is 5.26 Å². The van der Waals surface area contributed by atoms with E-state index in [2.05, 4.69) is 37.8 Å². The molecule has 4 nitrogen and oxygen atoms in total. The molecule has 2 fully saturated rings. The first-order chi connectivity index (χ1) is 11.0. The number of ether oxygens (including phenoxy) is 2. The zero-order valence-electron chi connectivity index (χ0n) is 14.5. The second kappa shape index (κ2) is 6.67. The third-order valence-electron chi connectivity index (χ3n) is 5.44. The summed E-state index contributed by atoms with van der Waals surface area (Å²) in [5, 5.41) is 9.28. The lowest BCUT2D eigenvalue weighted by molar-refractivity contribution is -0.179. The Balaban J connectivity index is 1.74. The van der Waals surface area contributed by atoms with Crippen molar-refractivity contribution in [3.05, 3.63) is 23.4 Å². The third-order valence-corrected chi connectivity index (χ3v) is 5.44. The standard InChI is InChI=1S/C19H28N2O2/c1-14(2)21-12-19(3,13-23-18-6-4-5-9-22-18)16-10-15(11-20)7-8-17(16)21/h7-8,14,16,18H,4-6,9-10,12-13H2,1-3H3. The van der Waals surface area contributed by atoms with Crippen molar-refractivity contribution in [1.82, 2.24) is 4.90 Å². The van der Waals surface area contributed by atoms with Crippen LogP contribution in [0.3, 0.4) is 0 Å². The summed E-state index contributed by atoms with van der Waals surface area (Å²) in [6, 6.07) is 2.80. The lowest BCUT2D eigenvalue weighted by Gasteiger charge is -2.33.